The number of para-hydroxylation sites is 1. The summed E-state index contributed by atoms with van der Waals surface area (Å²) in [5, 5.41) is 9.05. The third kappa shape index (κ3) is 4.40. The summed E-state index contributed by atoms with van der Waals surface area (Å²) in [6.07, 6.45) is 4.59. The van der Waals surface area contributed by atoms with Crippen molar-refractivity contribution in [3.8, 4) is 5.75 Å². The van der Waals surface area contributed by atoms with Crippen molar-refractivity contribution in [1.29, 1.82) is 0 Å². The number of ether oxygens (including phenoxy) is 1. The number of carboxylic acid groups (broad SMARTS) is 1. The maximum Gasteiger partial charge on any atom is 0.339 e. The highest BCUT2D eigenvalue weighted by Crippen LogP contribution is 2.20. The Morgan fingerprint density at radius 1 is 1.33 bits per heavy atom. The number of rotatable bonds is 8. The lowest BCUT2D eigenvalue weighted by molar-refractivity contribution is 0.0691. The zero-order valence-corrected chi connectivity index (χ0v) is 11.2. The van der Waals surface area contributed by atoms with Gasteiger partial charge in [0.05, 0.1) is 6.61 Å². The normalized spacial score (nSPS) is 12.1. The number of aromatic carboxylic acids is 1. The molecule has 0 bridgehead atoms. The molecule has 100 valence electrons. The second-order valence-corrected chi connectivity index (χ2v) is 4.53. The summed E-state index contributed by atoms with van der Waals surface area (Å²) < 4.78 is 5.67. The van der Waals surface area contributed by atoms with Crippen LogP contribution in [0.2, 0.25) is 0 Å². The Labute approximate surface area is 109 Å². The van der Waals surface area contributed by atoms with E-state index in [9.17, 15) is 4.79 Å². The maximum absolute atomic E-state index is 11.0. The lowest BCUT2D eigenvalue weighted by atomic mass is 10.0. The van der Waals surface area contributed by atoms with Gasteiger partial charge >= 0.3 is 5.97 Å². The van der Waals surface area contributed by atoms with Gasteiger partial charge in [-0.25, -0.2) is 4.79 Å². The van der Waals surface area contributed by atoms with Crippen LogP contribution >= 0.6 is 0 Å². The number of hydrogen-bond acceptors (Lipinski definition) is 2. The van der Waals surface area contributed by atoms with Crippen LogP contribution in [0.3, 0.4) is 0 Å². The fourth-order valence-corrected chi connectivity index (χ4v) is 1.87. The Balaban J connectivity index is 2.59. The summed E-state index contributed by atoms with van der Waals surface area (Å²) >= 11 is 0. The molecule has 0 aromatic heterocycles. The molecule has 0 aliphatic carbocycles. The smallest absolute Gasteiger partial charge is 0.339 e. The third-order valence-corrected chi connectivity index (χ3v) is 3.14. The van der Waals surface area contributed by atoms with Crippen LogP contribution in [0.5, 0.6) is 5.75 Å². The standard InChI is InChI=1S/C15H22O3/c1-3-5-8-12(4-2)11-18-14-10-7-6-9-13(14)15(16)17/h6-7,9-10,12H,3-5,8,11H2,1-2H3,(H,16,17)/t12-/m0/s1. The average molecular weight is 250 g/mol. The first-order valence-corrected chi connectivity index (χ1v) is 6.64. The van der Waals surface area contributed by atoms with Crippen molar-refractivity contribution in [3.05, 3.63) is 29.8 Å². The van der Waals surface area contributed by atoms with Gasteiger partial charge in [-0.1, -0.05) is 45.2 Å². The van der Waals surface area contributed by atoms with E-state index in [-0.39, 0.29) is 5.56 Å². The van der Waals surface area contributed by atoms with Gasteiger partial charge in [0.1, 0.15) is 11.3 Å². The number of carbonyl (C=O) groups is 1. The monoisotopic (exact) mass is 250 g/mol. The lowest BCUT2D eigenvalue weighted by Gasteiger charge is -2.16. The van der Waals surface area contributed by atoms with E-state index < -0.39 is 5.97 Å². The van der Waals surface area contributed by atoms with Crippen LogP contribution in [0.1, 0.15) is 49.9 Å². The molecule has 0 radical (unpaired) electrons. The van der Waals surface area contributed by atoms with E-state index in [0.29, 0.717) is 18.3 Å². The third-order valence-electron chi connectivity index (χ3n) is 3.14. The molecule has 0 amide bonds. The van der Waals surface area contributed by atoms with Crippen LogP contribution in [0, 0.1) is 5.92 Å². The summed E-state index contributed by atoms with van der Waals surface area (Å²) in [6, 6.07) is 6.81. The number of benzene rings is 1. The summed E-state index contributed by atoms with van der Waals surface area (Å²) in [4.78, 5) is 11.0. The molecule has 3 heteroatoms. The van der Waals surface area contributed by atoms with Crippen molar-refractivity contribution in [2.24, 2.45) is 5.92 Å². The summed E-state index contributed by atoms with van der Waals surface area (Å²) in [5.41, 5.74) is 0.239. The Bertz CT molecular complexity index is 374. The summed E-state index contributed by atoms with van der Waals surface area (Å²) in [7, 11) is 0. The minimum Gasteiger partial charge on any atom is -0.492 e. The van der Waals surface area contributed by atoms with Crippen LogP contribution in [0.15, 0.2) is 24.3 Å². The first-order chi connectivity index (χ1) is 8.69. The molecule has 0 saturated carbocycles. The highest BCUT2D eigenvalue weighted by Gasteiger charge is 2.12. The first-order valence-electron chi connectivity index (χ1n) is 6.64. The van der Waals surface area contributed by atoms with Crippen LogP contribution in [0.25, 0.3) is 0 Å². The van der Waals surface area contributed by atoms with Crippen LogP contribution in [-0.4, -0.2) is 17.7 Å². The second kappa shape index (κ2) is 7.75. The van der Waals surface area contributed by atoms with E-state index >= 15 is 0 Å². The van der Waals surface area contributed by atoms with Gasteiger partial charge in [0, 0.05) is 0 Å². The predicted octanol–water partition coefficient (Wildman–Crippen LogP) is 3.98. The van der Waals surface area contributed by atoms with Crippen LogP contribution < -0.4 is 4.74 Å². The van der Waals surface area contributed by atoms with E-state index in [1.165, 1.54) is 12.8 Å². The molecule has 0 heterocycles. The number of hydrogen-bond donors (Lipinski definition) is 1. The minimum atomic E-state index is -0.938. The Hall–Kier alpha value is -1.51. The maximum atomic E-state index is 11.0. The molecule has 0 saturated heterocycles. The number of unbranched alkanes of at least 4 members (excludes halogenated alkanes) is 1. The summed E-state index contributed by atoms with van der Waals surface area (Å²) in [6.45, 7) is 4.92. The van der Waals surface area contributed by atoms with Crippen molar-refractivity contribution in [2.45, 2.75) is 39.5 Å². The fraction of sp³-hybridized carbons (Fsp3) is 0.533. The van der Waals surface area contributed by atoms with Crippen LogP contribution in [0.4, 0.5) is 0 Å². The van der Waals surface area contributed by atoms with Gasteiger partial charge in [-0.05, 0) is 24.5 Å². The molecule has 0 spiro atoms. The van der Waals surface area contributed by atoms with Gasteiger partial charge in [0.2, 0.25) is 0 Å². The quantitative estimate of drug-likeness (QED) is 0.759. The van der Waals surface area contributed by atoms with Gasteiger partial charge in [-0.3, -0.25) is 0 Å². The van der Waals surface area contributed by atoms with E-state index in [4.69, 9.17) is 9.84 Å². The SMILES string of the molecule is CCCC[C@H](CC)COc1ccccc1C(=O)O. The van der Waals surface area contributed by atoms with Gasteiger partial charge in [0.15, 0.2) is 0 Å². The van der Waals surface area contributed by atoms with Gasteiger partial charge in [0.25, 0.3) is 0 Å². The molecule has 0 aliphatic heterocycles. The van der Waals surface area contributed by atoms with Gasteiger partial charge < -0.3 is 9.84 Å². The fourth-order valence-electron chi connectivity index (χ4n) is 1.87. The molecule has 1 atom stereocenters. The molecular weight excluding hydrogens is 228 g/mol. The highest BCUT2D eigenvalue weighted by atomic mass is 16.5. The van der Waals surface area contributed by atoms with Crippen molar-refractivity contribution in [3.63, 3.8) is 0 Å². The van der Waals surface area contributed by atoms with E-state index in [2.05, 4.69) is 13.8 Å². The highest BCUT2D eigenvalue weighted by molar-refractivity contribution is 5.90. The molecule has 0 fully saturated rings. The van der Waals surface area contributed by atoms with Crippen molar-refractivity contribution in [2.75, 3.05) is 6.61 Å². The van der Waals surface area contributed by atoms with E-state index in [0.717, 1.165) is 12.8 Å². The number of carboxylic acids is 1. The molecule has 1 N–H and O–H groups in total. The lowest BCUT2D eigenvalue weighted by Crippen LogP contribution is -2.13. The molecule has 18 heavy (non-hydrogen) atoms. The van der Waals surface area contributed by atoms with Gasteiger partial charge in [-0.2, -0.15) is 0 Å². The molecule has 1 rings (SSSR count). The van der Waals surface area contributed by atoms with Crippen molar-refractivity contribution >= 4 is 5.97 Å². The largest absolute Gasteiger partial charge is 0.492 e. The molecule has 0 unspecified atom stereocenters. The van der Waals surface area contributed by atoms with Crippen LogP contribution in [-0.2, 0) is 0 Å². The zero-order valence-electron chi connectivity index (χ0n) is 11.2. The second-order valence-electron chi connectivity index (χ2n) is 4.53. The Morgan fingerprint density at radius 2 is 2.06 bits per heavy atom. The predicted molar refractivity (Wildman–Crippen MR) is 72.2 cm³/mol. The average Bonchev–Trinajstić information content (AvgIpc) is 2.39. The summed E-state index contributed by atoms with van der Waals surface area (Å²) in [5.74, 6) is 0.0407. The molecular formula is C15H22O3. The minimum absolute atomic E-state index is 0.239. The van der Waals surface area contributed by atoms with Crippen molar-refractivity contribution in [1.82, 2.24) is 0 Å². The Morgan fingerprint density at radius 3 is 2.67 bits per heavy atom. The first kappa shape index (κ1) is 14.6. The van der Waals surface area contributed by atoms with E-state index in [1.807, 2.05) is 0 Å². The topological polar surface area (TPSA) is 46.5 Å². The molecule has 1 aromatic carbocycles. The molecule has 3 nitrogen and oxygen atoms in total. The zero-order chi connectivity index (χ0) is 13.4. The molecule has 0 aliphatic rings. The van der Waals surface area contributed by atoms with Gasteiger partial charge in [-0.15, -0.1) is 0 Å². The van der Waals surface area contributed by atoms with Crippen molar-refractivity contribution < 1.29 is 14.6 Å². The molecule has 1 aromatic rings. The van der Waals surface area contributed by atoms with E-state index in [1.54, 1.807) is 24.3 Å². The Kier molecular flexibility index (Phi) is 6.26.